The summed E-state index contributed by atoms with van der Waals surface area (Å²) in [7, 11) is 0. The summed E-state index contributed by atoms with van der Waals surface area (Å²) in [6, 6.07) is 18.0. The molecule has 0 aliphatic heterocycles. The SMILES string of the molecule is CSc1ccc(C(=Cc2ccccc2)C(C)=O)cc1. The number of rotatable bonds is 4. The van der Waals surface area contributed by atoms with Crippen molar-refractivity contribution in [3.8, 4) is 0 Å². The monoisotopic (exact) mass is 268 g/mol. The van der Waals surface area contributed by atoms with Gasteiger partial charge in [-0.1, -0.05) is 42.5 Å². The molecule has 0 saturated heterocycles. The Morgan fingerprint density at radius 1 is 1.00 bits per heavy atom. The van der Waals surface area contributed by atoms with Gasteiger partial charge in [-0.25, -0.2) is 0 Å². The van der Waals surface area contributed by atoms with Gasteiger partial charge in [0.2, 0.25) is 0 Å². The summed E-state index contributed by atoms with van der Waals surface area (Å²) in [6.07, 6.45) is 3.98. The van der Waals surface area contributed by atoms with Gasteiger partial charge in [-0.05, 0) is 42.5 Å². The van der Waals surface area contributed by atoms with Crippen molar-refractivity contribution in [2.45, 2.75) is 11.8 Å². The molecular formula is C17H16OS. The molecule has 2 aromatic carbocycles. The van der Waals surface area contributed by atoms with Crippen molar-refractivity contribution in [2.75, 3.05) is 6.26 Å². The van der Waals surface area contributed by atoms with Gasteiger partial charge in [0.05, 0.1) is 0 Å². The van der Waals surface area contributed by atoms with E-state index in [2.05, 4.69) is 0 Å². The van der Waals surface area contributed by atoms with Crippen molar-refractivity contribution < 1.29 is 4.79 Å². The smallest absolute Gasteiger partial charge is 0.160 e. The van der Waals surface area contributed by atoms with Gasteiger partial charge in [-0.2, -0.15) is 0 Å². The molecule has 0 aliphatic rings. The first kappa shape index (κ1) is 13.6. The Morgan fingerprint density at radius 3 is 2.16 bits per heavy atom. The van der Waals surface area contributed by atoms with Crippen LogP contribution in [0.15, 0.2) is 59.5 Å². The fourth-order valence-corrected chi connectivity index (χ4v) is 2.28. The van der Waals surface area contributed by atoms with E-state index in [0.717, 1.165) is 16.7 Å². The summed E-state index contributed by atoms with van der Waals surface area (Å²) < 4.78 is 0. The molecule has 0 spiro atoms. The van der Waals surface area contributed by atoms with Crippen LogP contribution in [0.4, 0.5) is 0 Å². The zero-order valence-electron chi connectivity index (χ0n) is 11.1. The van der Waals surface area contributed by atoms with E-state index in [-0.39, 0.29) is 5.78 Å². The molecule has 0 N–H and O–H groups in total. The van der Waals surface area contributed by atoms with Crippen LogP contribution < -0.4 is 0 Å². The summed E-state index contributed by atoms with van der Waals surface area (Å²) in [5.41, 5.74) is 2.76. The number of thioether (sulfide) groups is 1. The molecular weight excluding hydrogens is 252 g/mol. The number of hydrogen-bond acceptors (Lipinski definition) is 2. The predicted octanol–water partition coefficient (Wildman–Crippen LogP) is 4.54. The minimum absolute atomic E-state index is 0.0840. The van der Waals surface area contributed by atoms with Gasteiger partial charge >= 0.3 is 0 Å². The van der Waals surface area contributed by atoms with Gasteiger partial charge in [-0.3, -0.25) is 4.79 Å². The number of ketones is 1. The van der Waals surface area contributed by atoms with Crippen LogP contribution in [0.3, 0.4) is 0 Å². The third-order valence-corrected chi connectivity index (χ3v) is 3.63. The summed E-state index contributed by atoms with van der Waals surface area (Å²) in [4.78, 5) is 13.0. The second-order valence-corrected chi connectivity index (χ2v) is 5.13. The molecule has 19 heavy (non-hydrogen) atoms. The van der Waals surface area contributed by atoms with E-state index in [4.69, 9.17) is 0 Å². The predicted molar refractivity (Wildman–Crippen MR) is 83.2 cm³/mol. The lowest BCUT2D eigenvalue weighted by molar-refractivity contribution is -0.111. The van der Waals surface area contributed by atoms with E-state index < -0.39 is 0 Å². The van der Waals surface area contributed by atoms with Crippen LogP contribution in [0.25, 0.3) is 11.6 Å². The maximum atomic E-state index is 11.8. The second kappa shape index (κ2) is 6.39. The van der Waals surface area contributed by atoms with Crippen LogP contribution >= 0.6 is 11.8 Å². The third kappa shape index (κ3) is 3.58. The lowest BCUT2D eigenvalue weighted by Crippen LogP contribution is -1.95. The highest BCUT2D eigenvalue weighted by Gasteiger charge is 2.07. The molecule has 0 fully saturated rings. The number of carbonyl (C=O) groups is 1. The van der Waals surface area contributed by atoms with Crippen molar-refractivity contribution in [1.82, 2.24) is 0 Å². The van der Waals surface area contributed by atoms with Gasteiger partial charge < -0.3 is 0 Å². The zero-order valence-corrected chi connectivity index (χ0v) is 11.9. The number of Topliss-reactive ketones (excluding diaryl/α,β-unsaturated/α-hetero) is 1. The average molecular weight is 268 g/mol. The van der Waals surface area contributed by atoms with E-state index >= 15 is 0 Å². The van der Waals surface area contributed by atoms with Crippen molar-refractivity contribution >= 4 is 29.2 Å². The topological polar surface area (TPSA) is 17.1 Å². The van der Waals surface area contributed by atoms with E-state index in [9.17, 15) is 4.79 Å². The first-order valence-electron chi connectivity index (χ1n) is 6.13. The normalized spacial score (nSPS) is 11.4. The maximum absolute atomic E-state index is 11.8. The van der Waals surface area contributed by atoms with E-state index in [0.29, 0.717) is 0 Å². The van der Waals surface area contributed by atoms with Crippen molar-refractivity contribution in [3.63, 3.8) is 0 Å². The lowest BCUT2D eigenvalue weighted by Gasteiger charge is -2.05. The van der Waals surface area contributed by atoms with E-state index in [1.165, 1.54) is 4.90 Å². The number of benzene rings is 2. The van der Waals surface area contributed by atoms with Crippen molar-refractivity contribution in [2.24, 2.45) is 0 Å². The standard InChI is InChI=1S/C17H16OS/c1-13(18)17(12-14-6-4-3-5-7-14)15-8-10-16(19-2)11-9-15/h3-12H,1-2H3. The fraction of sp³-hybridized carbons (Fsp3) is 0.118. The Balaban J connectivity index is 2.40. The molecule has 0 amide bonds. The van der Waals surface area contributed by atoms with Gasteiger partial charge in [-0.15, -0.1) is 11.8 Å². The zero-order chi connectivity index (χ0) is 13.7. The van der Waals surface area contributed by atoms with E-state index in [1.54, 1.807) is 18.7 Å². The quantitative estimate of drug-likeness (QED) is 0.460. The van der Waals surface area contributed by atoms with Gasteiger partial charge in [0.25, 0.3) is 0 Å². The number of allylic oxidation sites excluding steroid dienone is 1. The Morgan fingerprint density at radius 2 is 1.63 bits per heavy atom. The maximum Gasteiger partial charge on any atom is 0.160 e. The van der Waals surface area contributed by atoms with Gasteiger partial charge in [0.15, 0.2) is 5.78 Å². The molecule has 0 aliphatic carbocycles. The van der Waals surface area contributed by atoms with Gasteiger partial charge in [0.1, 0.15) is 0 Å². The molecule has 0 aromatic heterocycles. The Labute approximate surface area is 118 Å². The van der Waals surface area contributed by atoms with Crippen LogP contribution in [0.1, 0.15) is 18.1 Å². The van der Waals surface area contributed by atoms with Crippen LogP contribution in [0, 0.1) is 0 Å². The minimum atomic E-state index is 0.0840. The van der Waals surface area contributed by atoms with Crippen LogP contribution in [0.2, 0.25) is 0 Å². The van der Waals surface area contributed by atoms with Gasteiger partial charge in [0, 0.05) is 10.5 Å². The minimum Gasteiger partial charge on any atom is -0.294 e. The molecule has 2 aromatic rings. The summed E-state index contributed by atoms with van der Waals surface area (Å²) >= 11 is 1.70. The van der Waals surface area contributed by atoms with Crippen LogP contribution in [-0.4, -0.2) is 12.0 Å². The van der Waals surface area contributed by atoms with E-state index in [1.807, 2.05) is 66.9 Å². The van der Waals surface area contributed by atoms with Crippen LogP contribution in [-0.2, 0) is 4.79 Å². The largest absolute Gasteiger partial charge is 0.294 e. The Kier molecular flexibility index (Phi) is 4.58. The molecule has 0 saturated carbocycles. The Hall–Kier alpha value is -1.80. The average Bonchev–Trinajstić information content (AvgIpc) is 2.46. The molecule has 2 heteroatoms. The van der Waals surface area contributed by atoms with Crippen molar-refractivity contribution in [3.05, 3.63) is 65.7 Å². The second-order valence-electron chi connectivity index (χ2n) is 4.25. The highest BCUT2D eigenvalue weighted by Crippen LogP contribution is 2.22. The molecule has 2 rings (SSSR count). The summed E-state index contributed by atoms with van der Waals surface area (Å²) in [6.45, 7) is 1.61. The highest BCUT2D eigenvalue weighted by atomic mass is 32.2. The number of hydrogen-bond donors (Lipinski definition) is 0. The molecule has 0 bridgehead atoms. The van der Waals surface area contributed by atoms with Crippen molar-refractivity contribution in [1.29, 1.82) is 0 Å². The lowest BCUT2D eigenvalue weighted by atomic mass is 10.00. The number of carbonyl (C=O) groups excluding carboxylic acids is 1. The highest BCUT2D eigenvalue weighted by molar-refractivity contribution is 7.98. The molecule has 0 heterocycles. The fourth-order valence-electron chi connectivity index (χ4n) is 1.87. The first-order valence-corrected chi connectivity index (χ1v) is 7.35. The first-order chi connectivity index (χ1) is 9.20. The molecule has 1 nitrogen and oxygen atoms in total. The molecule has 0 atom stereocenters. The Bertz CT molecular complexity index is 582. The summed E-state index contributed by atoms with van der Waals surface area (Å²) in [5, 5.41) is 0. The van der Waals surface area contributed by atoms with Crippen LogP contribution in [0.5, 0.6) is 0 Å². The molecule has 0 radical (unpaired) electrons. The molecule has 96 valence electrons. The third-order valence-electron chi connectivity index (χ3n) is 2.89. The summed E-state index contributed by atoms with van der Waals surface area (Å²) in [5.74, 6) is 0.0840. The molecule has 0 unspecified atom stereocenters.